The van der Waals surface area contributed by atoms with Crippen LogP contribution >= 0.6 is 0 Å². The molecule has 0 aliphatic heterocycles. The number of rotatable bonds is 3. The van der Waals surface area contributed by atoms with Gasteiger partial charge in [0, 0.05) is 41.6 Å². The van der Waals surface area contributed by atoms with Gasteiger partial charge in [0.05, 0.1) is 10.3 Å². The molecule has 0 bridgehead atoms. The monoisotopic (exact) mass is 244 g/mol. The lowest BCUT2D eigenvalue weighted by Crippen LogP contribution is -2.13. The zero-order chi connectivity index (χ0) is 12.7. The highest BCUT2D eigenvalue weighted by atomic mass is 16.6. The summed E-state index contributed by atoms with van der Waals surface area (Å²) in [5, 5.41) is 15.6. The second-order valence-electron chi connectivity index (χ2n) is 4.46. The van der Waals surface area contributed by atoms with Gasteiger partial charge in [-0.2, -0.15) is 0 Å². The molecular weight excluding hydrogens is 232 g/mol. The second-order valence-corrected chi connectivity index (χ2v) is 4.46. The number of pyridine rings is 1. The SMILES string of the molecule is NC1CC1Nc1ccc([N+](=O)[O-])c2cnccc12. The Balaban J connectivity index is 2.10. The number of nitro benzene ring substituents is 1. The van der Waals surface area contributed by atoms with Crippen molar-refractivity contribution in [1.82, 2.24) is 4.98 Å². The van der Waals surface area contributed by atoms with Crippen molar-refractivity contribution in [3.63, 3.8) is 0 Å². The summed E-state index contributed by atoms with van der Waals surface area (Å²) in [4.78, 5) is 14.5. The highest BCUT2D eigenvalue weighted by molar-refractivity contribution is 5.99. The van der Waals surface area contributed by atoms with Gasteiger partial charge in [-0.1, -0.05) is 0 Å². The van der Waals surface area contributed by atoms with Crippen LogP contribution in [0.15, 0.2) is 30.6 Å². The lowest BCUT2D eigenvalue weighted by Gasteiger charge is -2.09. The van der Waals surface area contributed by atoms with Crippen molar-refractivity contribution in [2.45, 2.75) is 18.5 Å². The predicted octanol–water partition coefficient (Wildman–Crippen LogP) is 1.65. The van der Waals surface area contributed by atoms with Crippen LogP contribution in [0.4, 0.5) is 11.4 Å². The first-order valence-corrected chi connectivity index (χ1v) is 5.70. The summed E-state index contributed by atoms with van der Waals surface area (Å²) in [5.41, 5.74) is 6.70. The Morgan fingerprint density at radius 1 is 1.39 bits per heavy atom. The van der Waals surface area contributed by atoms with Crippen LogP contribution in [-0.2, 0) is 0 Å². The summed E-state index contributed by atoms with van der Waals surface area (Å²) >= 11 is 0. The van der Waals surface area contributed by atoms with Crippen LogP contribution in [0.5, 0.6) is 0 Å². The number of nitrogens with one attached hydrogen (secondary N) is 1. The quantitative estimate of drug-likeness (QED) is 0.632. The van der Waals surface area contributed by atoms with Crippen LogP contribution in [0.2, 0.25) is 0 Å². The van der Waals surface area contributed by atoms with E-state index in [1.54, 1.807) is 18.3 Å². The number of fused-ring (bicyclic) bond motifs is 1. The number of non-ortho nitro benzene ring substituents is 1. The number of hydrogen-bond donors (Lipinski definition) is 2. The van der Waals surface area contributed by atoms with E-state index in [9.17, 15) is 10.1 Å². The number of nitrogens with two attached hydrogens (primary N) is 1. The molecular formula is C12H12N4O2. The molecule has 6 nitrogen and oxygen atoms in total. The topological polar surface area (TPSA) is 94.1 Å². The number of anilines is 1. The molecule has 1 fully saturated rings. The summed E-state index contributed by atoms with van der Waals surface area (Å²) < 4.78 is 0. The Kier molecular flexibility index (Phi) is 2.38. The number of hydrogen-bond acceptors (Lipinski definition) is 5. The average molecular weight is 244 g/mol. The summed E-state index contributed by atoms with van der Waals surface area (Å²) in [7, 11) is 0. The predicted molar refractivity (Wildman–Crippen MR) is 68.4 cm³/mol. The van der Waals surface area contributed by atoms with Gasteiger partial charge in [0.2, 0.25) is 0 Å². The standard InChI is InChI=1S/C12H12N4O2/c13-9-5-11(9)15-10-1-2-12(16(17)18)8-6-14-4-3-7(8)10/h1-4,6,9,11,15H,5,13H2. The van der Waals surface area contributed by atoms with E-state index in [0.29, 0.717) is 5.39 Å². The Morgan fingerprint density at radius 3 is 2.83 bits per heavy atom. The van der Waals surface area contributed by atoms with E-state index in [4.69, 9.17) is 5.73 Å². The molecule has 1 saturated carbocycles. The fourth-order valence-electron chi connectivity index (χ4n) is 2.04. The van der Waals surface area contributed by atoms with E-state index in [1.165, 1.54) is 12.3 Å². The maximum Gasteiger partial charge on any atom is 0.278 e. The first-order chi connectivity index (χ1) is 8.66. The molecule has 2 unspecified atom stereocenters. The lowest BCUT2D eigenvalue weighted by atomic mass is 10.1. The van der Waals surface area contributed by atoms with E-state index >= 15 is 0 Å². The van der Waals surface area contributed by atoms with E-state index in [1.807, 2.05) is 0 Å². The fourth-order valence-corrected chi connectivity index (χ4v) is 2.04. The van der Waals surface area contributed by atoms with Crippen LogP contribution in [0, 0.1) is 10.1 Å². The maximum absolute atomic E-state index is 11.0. The van der Waals surface area contributed by atoms with E-state index in [2.05, 4.69) is 10.3 Å². The smallest absolute Gasteiger partial charge is 0.278 e. The molecule has 0 radical (unpaired) electrons. The first-order valence-electron chi connectivity index (χ1n) is 5.70. The zero-order valence-electron chi connectivity index (χ0n) is 9.54. The third kappa shape index (κ3) is 1.76. The second kappa shape index (κ2) is 3.92. The summed E-state index contributed by atoms with van der Waals surface area (Å²) in [6.07, 6.45) is 4.08. The van der Waals surface area contributed by atoms with E-state index < -0.39 is 4.92 Å². The highest BCUT2D eigenvalue weighted by Gasteiger charge is 2.33. The number of nitrogens with zero attached hydrogens (tertiary/aromatic N) is 2. The molecule has 6 heteroatoms. The Bertz CT molecular complexity index is 629. The van der Waals surface area contributed by atoms with Crippen LogP contribution in [0.3, 0.4) is 0 Å². The van der Waals surface area contributed by atoms with Crippen LogP contribution in [0.25, 0.3) is 10.8 Å². The van der Waals surface area contributed by atoms with Crippen LogP contribution in [-0.4, -0.2) is 22.0 Å². The highest BCUT2D eigenvalue weighted by Crippen LogP contribution is 2.33. The molecule has 1 aromatic carbocycles. The van der Waals surface area contributed by atoms with Gasteiger partial charge in [0.1, 0.15) is 0 Å². The number of nitro groups is 1. The fraction of sp³-hybridized carbons (Fsp3) is 0.250. The molecule has 0 saturated heterocycles. The van der Waals surface area contributed by atoms with Gasteiger partial charge in [-0.3, -0.25) is 15.1 Å². The van der Waals surface area contributed by atoms with Gasteiger partial charge in [-0.15, -0.1) is 0 Å². The van der Waals surface area contributed by atoms with Gasteiger partial charge in [0.15, 0.2) is 0 Å². The van der Waals surface area contributed by atoms with Gasteiger partial charge in [0.25, 0.3) is 5.69 Å². The van der Waals surface area contributed by atoms with Gasteiger partial charge in [-0.05, 0) is 18.6 Å². The molecule has 1 aliphatic carbocycles. The summed E-state index contributed by atoms with van der Waals surface area (Å²) in [6, 6.07) is 5.45. The lowest BCUT2D eigenvalue weighted by molar-refractivity contribution is -0.383. The number of benzene rings is 1. The normalized spacial score (nSPS) is 21.8. The molecule has 2 atom stereocenters. The van der Waals surface area contributed by atoms with Crippen molar-refractivity contribution >= 4 is 22.1 Å². The largest absolute Gasteiger partial charge is 0.380 e. The number of aromatic nitrogens is 1. The zero-order valence-corrected chi connectivity index (χ0v) is 9.54. The third-order valence-corrected chi connectivity index (χ3v) is 3.17. The Morgan fingerprint density at radius 2 is 2.17 bits per heavy atom. The molecule has 3 rings (SSSR count). The van der Waals surface area contributed by atoms with Crippen molar-refractivity contribution in [1.29, 1.82) is 0 Å². The van der Waals surface area contributed by atoms with Crippen molar-refractivity contribution in [2.24, 2.45) is 5.73 Å². The first kappa shape index (κ1) is 10.9. The Hall–Kier alpha value is -2.21. The van der Waals surface area contributed by atoms with Crippen molar-refractivity contribution in [2.75, 3.05) is 5.32 Å². The molecule has 92 valence electrons. The molecule has 2 aromatic rings. The molecule has 1 aromatic heterocycles. The maximum atomic E-state index is 11.0. The molecule has 3 N–H and O–H groups in total. The van der Waals surface area contributed by atoms with Gasteiger partial charge >= 0.3 is 0 Å². The van der Waals surface area contributed by atoms with Gasteiger partial charge < -0.3 is 11.1 Å². The van der Waals surface area contributed by atoms with Crippen molar-refractivity contribution in [3.8, 4) is 0 Å². The van der Waals surface area contributed by atoms with Crippen molar-refractivity contribution in [3.05, 3.63) is 40.7 Å². The third-order valence-electron chi connectivity index (χ3n) is 3.17. The summed E-state index contributed by atoms with van der Waals surface area (Å²) in [6.45, 7) is 0. The molecule has 0 spiro atoms. The average Bonchev–Trinajstić information content (AvgIpc) is 3.05. The Labute approximate surface area is 103 Å². The van der Waals surface area contributed by atoms with Crippen LogP contribution < -0.4 is 11.1 Å². The minimum absolute atomic E-state index is 0.0729. The van der Waals surface area contributed by atoms with E-state index in [0.717, 1.165) is 17.5 Å². The summed E-state index contributed by atoms with van der Waals surface area (Å²) in [5.74, 6) is 0. The van der Waals surface area contributed by atoms with E-state index in [-0.39, 0.29) is 17.8 Å². The van der Waals surface area contributed by atoms with Crippen molar-refractivity contribution < 1.29 is 4.92 Å². The minimum Gasteiger partial charge on any atom is -0.380 e. The molecule has 1 heterocycles. The minimum atomic E-state index is -0.392. The molecule has 1 aliphatic rings. The molecule has 0 amide bonds. The van der Waals surface area contributed by atoms with Crippen LogP contribution in [0.1, 0.15) is 6.42 Å². The molecule has 18 heavy (non-hydrogen) atoms. The van der Waals surface area contributed by atoms with Gasteiger partial charge in [-0.25, -0.2) is 0 Å².